The Kier molecular flexibility index (Phi) is 3.39. The summed E-state index contributed by atoms with van der Waals surface area (Å²) in [6.07, 6.45) is 0. The number of hydrogen-bond donors (Lipinski definition) is 2. The van der Waals surface area contributed by atoms with E-state index in [0.717, 1.165) is 11.3 Å². The molecule has 0 saturated carbocycles. The van der Waals surface area contributed by atoms with Crippen molar-refractivity contribution < 1.29 is 19.4 Å². The van der Waals surface area contributed by atoms with E-state index in [1.54, 1.807) is 19.2 Å². The fourth-order valence-electron chi connectivity index (χ4n) is 2.43. The van der Waals surface area contributed by atoms with Crippen LogP contribution >= 0.6 is 0 Å². The molecular formula is C16H15NO4. The van der Waals surface area contributed by atoms with E-state index in [4.69, 9.17) is 9.47 Å². The zero-order valence-electron chi connectivity index (χ0n) is 11.5. The van der Waals surface area contributed by atoms with E-state index in [1.165, 1.54) is 6.07 Å². The van der Waals surface area contributed by atoms with E-state index in [-0.39, 0.29) is 11.6 Å². The van der Waals surface area contributed by atoms with Crippen molar-refractivity contribution in [2.75, 3.05) is 19.0 Å². The molecule has 0 spiro atoms. The van der Waals surface area contributed by atoms with E-state index >= 15 is 0 Å². The minimum atomic E-state index is -0.979. The van der Waals surface area contributed by atoms with Crippen molar-refractivity contribution in [1.82, 2.24) is 0 Å². The second kappa shape index (κ2) is 5.36. The SMILES string of the molecule is COc1ccc(C(=O)O)c(NC2COc3ccccc32)c1. The Morgan fingerprint density at radius 2 is 2.14 bits per heavy atom. The van der Waals surface area contributed by atoms with Gasteiger partial charge in [0.25, 0.3) is 0 Å². The Morgan fingerprint density at radius 1 is 1.33 bits per heavy atom. The minimum Gasteiger partial charge on any atom is -0.497 e. The van der Waals surface area contributed by atoms with Gasteiger partial charge in [-0.2, -0.15) is 0 Å². The number of aromatic carboxylic acids is 1. The van der Waals surface area contributed by atoms with Gasteiger partial charge < -0.3 is 19.9 Å². The largest absolute Gasteiger partial charge is 0.497 e. The molecule has 108 valence electrons. The van der Waals surface area contributed by atoms with Gasteiger partial charge in [-0.25, -0.2) is 4.79 Å². The number of carboxylic acid groups (broad SMARTS) is 1. The lowest BCUT2D eigenvalue weighted by Crippen LogP contribution is -2.14. The molecule has 21 heavy (non-hydrogen) atoms. The fraction of sp³-hybridized carbons (Fsp3) is 0.188. The maximum Gasteiger partial charge on any atom is 0.337 e. The van der Waals surface area contributed by atoms with Gasteiger partial charge in [-0.05, 0) is 18.2 Å². The summed E-state index contributed by atoms with van der Waals surface area (Å²) >= 11 is 0. The molecule has 1 heterocycles. The summed E-state index contributed by atoms with van der Waals surface area (Å²) in [5.74, 6) is 0.455. The highest BCUT2D eigenvalue weighted by Gasteiger charge is 2.25. The molecule has 0 bridgehead atoms. The second-order valence-corrected chi connectivity index (χ2v) is 4.76. The van der Waals surface area contributed by atoms with E-state index < -0.39 is 5.97 Å². The second-order valence-electron chi connectivity index (χ2n) is 4.76. The molecule has 3 rings (SSSR count). The number of benzene rings is 2. The first-order valence-corrected chi connectivity index (χ1v) is 6.58. The Morgan fingerprint density at radius 3 is 2.90 bits per heavy atom. The number of rotatable bonds is 4. The van der Waals surface area contributed by atoms with E-state index in [0.29, 0.717) is 18.0 Å². The maximum absolute atomic E-state index is 11.3. The smallest absolute Gasteiger partial charge is 0.337 e. The van der Waals surface area contributed by atoms with E-state index in [1.807, 2.05) is 24.3 Å². The first-order chi connectivity index (χ1) is 10.2. The summed E-state index contributed by atoms with van der Waals surface area (Å²) in [6.45, 7) is 0.468. The highest BCUT2D eigenvalue weighted by atomic mass is 16.5. The molecule has 5 heteroatoms. The van der Waals surface area contributed by atoms with Crippen molar-refractivity contribution in [3.63, 3.8) is 0 Å². The van der Waals surface area contributed by atoms with Gasteiger partial charge in [0.2, 0.25) is 0 Å². The van der Waals surface area contributed by atoms with Crippen molar-refractivity contribution in [1.29, 1.82) is 0 Å². The van der Waals surface area contributed by atoms with Gasteiger partial charge in [-0.15, -0.1) is 0 Å². The third kappa shape index (κ3) is 2.50. The van der Waals surface area contributed by atoms with Crippen LogP contribution < -0.4 is 14.8 Å². The first kappa shape index (κ1) is 13.3. The highest BCUT2D eigenvalue weighted by Crippen LogP contribution is 2.35. The van der Waals surface area contributed by atoms with Gasteiger partial charge in [0.05, 0.1) is 24.4 Å². The Labute approximate surface area is 122 Å². The highest BCUT2D eigenvalue weighted by molar-refractivity contribution is 5.94. The molecular weight excluding hydrogens is 270 g/mol. The van der Waals surface area contributed by atoms with Crippen molar-refractivity contribution in [3.05, 3.63) is 53.6 Å². The first-order valence-electron chi connectivity index (χ1n) is 6.58. The lowest BCUT2D eigenvalue weighted by Gasteiger charge is -2.16. The number of carboxylic acids is 1. The zero-order valence-corrected chi connectivity index (χ0v) is 11.5. The monoisotopic (exact) mass is 285 g/mol. The van der Waals surface area contributed by atoms with Gasteiger partial charge in [0.1, 0.15) is 18.1 Å². The normalized spacial score (nSPS) is 16.0. The van der Waals surface area contributed by atoms with E-state index in [2.05, 4.69) is 5.32 Å². The van der Waals surface area contributed by atoms with Crippen molar-refractivity contribution >= 4 is 11.7 Å². The van der Waals surface area contributed by atoms with Crippen molar-refractivity contribution in [3.8, 4) is 11.5 Å². The van der Waals surface area contributed by atoms with Crippen LogP contribution in [0.1, 0.15) is 22.0 Å². The molecule has 0 aliphatic carbocycles. The lowest BCUT2D eigenvalue weighted by atomic mass is 10.1. The maximum atomic E-state index is 11.3. The lowest BCUT2D eigenvalue weighted by molar-refractivity contribution is 0.0698. The molecule has 0 fully saturated rings. The van der Waals surface area contributed by atoms with Crippen LogP contribution in [0.25, 0.3) is 0 Å². The van der Waals surface area contributed by atoms with Crippen LogP contribution in [0.4, 0.5) is 5.69 Å². The average molecular weight is 285 g/mol. The van der Waals surface area contributed by atoms with Crippen LogP contribution in [0.2, 0.25) is 0 Å². The number of fused-ring (bicyclic) bond motifs is 1. The van der Waals surface area contributed by atoms with Crippen LogP contribution in [0.3, 0.4) is 0 Å². The molecule has 1 aliphatic rings. The number of carbonyl (C=O) groups is 1. The van der Waals surface area contributed by atoms with Gasteiger partial charge in [-0.1, -0.05) is 18.2 Å². The molecule has 5 nitrogen and oxygen atoms in total. The quantitative estimate of drug-likeness (QED) is 0.904. The molecule has 1 atom stereocenters. The number of nitrogens with one attached hydrogen (secondary N) is 1. The summed E-state index contributed by atoms with van der Waals surface area (Å²) in [5, 5.41) is 12.5. The van der Waals surface area contributed by atoms with Gasteiger partial charge in [0.15, 0.2) is 0 Å². The van der Waals surface area contributed by atoms with Crippen molar-refractivity contribution in [2.45, 2.75) is 6.04 Å². The zero-order chi connectivity index (χ0) is 14.8. The summed E-state index contributed by atoms with van der Waals surface area (Å²) in [5.41, 5.74) is 1.75. The Bertz CT molecular complexity index is 684. The van der Waals surface area contributed by atoms with Gasteiger partial charge in [0, 0.05) is 11.6 Å². The van der Waals surface area contributed by atoms with Gasteiger partial charge >= 0.3 is 5.97 Å². The number of anilines is 1. The molecule has 1 unspecified atom stereocenters. The number of ether oxygens (including phenoxy) is 2. The van der Waals surface area contributed by atoms with Crippen LogP contribution in [0.15, 0.2) is 42.5 Å². The summed E-state index contributed by atoms with van der Waals surface area (Å²) in [7, 11) is 1.55. The van der Waals surface area contributed by atoms with Gasteiger partial charge in [-0.3, -0.25) is 0 Å². The summed E-state index contributed by atoms with van der Waals surface area (Å²) in [4.78, 5) is 11.3. The molecule has 2 N–H and O–H groups in total. The molecule has 1 aliphatic heterocycles. The summed E-state index contributed by atoms with van der Waals surface area (Å²) < 4.78 is 10.8. The third-order valence-corrected chi connectivity index (χ3v) is 3.49. The average Bonchev–Trinajstić information content (AvgIpc) is 2.90. The molecule has 0 amide bonds. The van der Waals surface area contributed by atoms with Crippen molar-refractivity contribution in [2.24, 2.45) is 0 Å². The third-order valence-electron chi connectivity index (χ3n) is 3.49. The van der Waals surface area contributed by atoms with E-state index in [9.17, 15) is 9.90 Å². The van der Waals surface area contributed by atoms with Crippen LogP contribution in [-0.2, 0) is 0 Å². The summed E-state index contributed by atoms with van der Waals surface area (Å²) in [6, 6.07) is 12.5. The number of hydrogen-bond acceptors (Lipinski definition) is 4. The standard InChI is InChI=1S/C16H15NO4/c1-20-10-6-7-12(16(18)19)13(8-10)17-14-9-21-15-5-3-2-4-11(14)15/h2-8,14,17H,9H2,1H3,(H,18,19). The predicted molar refractivity (Wildman–Crippen MR) is 78.3 cm³/mol. The Hall–Kier alpha value is -2.69. The predicted octanol–water partition coefficient (Wildman–Crippen LogP) is 2.94. The van der Waals surface area contributed by atoms with Crippen LogP contribution in [0, 0.1) is 0 Å². The molecule has 2 aromatic carbocycles. The minimum absolute atomic E-state index is 0.0774. The molecule has 0 aromatic heterocycles. The number of methoxy groups -OCH3 is 1. The molecule has 2 aromatic rings. The Balaban J connectivity index is 1.93. The molecule has 0 radical (unpaired) electrons. The topological polar surface area (TPSA) is 67.8 Å². The number of para-hydroxylation sites is 1. The molecule has 0 saturated heterocycles. The fourth-order valence-corrected chi connectivity index (χ4v) is 2.43. The van der Waals surface area contributed by atoms with Crippen LogP contribution in [0.5, 0.6) is 11.5 Å². The van der Waals surface area contributed by atoms with Crippen LogP contribution in [-0.4, -0.2) is 24.8 Å².